The average molecular weight is 596 g/mol. The van der Waals surface area contributed by atoms with Crippen molar-refractivity contribution in [1.29, 1.82) is 0 Å². The van der Waals surface area contributed by atoms with Crippen molar-refractivity contribution in [1.82, 2.24) is 9.80 Å². The van der Waals surface area contributed by atoms with Crippen molar-refractivity contribution in [3.8, 4) is 11.1 Å². The summed E-state index contributed by atoms with van der Waals surface area (Å²) in [6.07, 6.45) is 0.949. The van der Waals surface area contributed by atoms with Gasteiger partial charge in [-0.1, -0.05) is 6.07 Å². The molecule has 0 spiro atoms. The summed E-state index contributed by atoms with van der Waals surface area (Å²) in [4.78, 5) is 42.7. The van der Waals surface area contributed by atoms with Crippen LogP contribution in [0.3, 0.4) is 0 Å². The Morgan fingerprint density at radius 2 is 1.20 bits per heavy atom. The second-order valence-electron chi connectivity index (χ2n) is 11.4. The van der Waals surface area contributed by atoms with Crippen molar-refractivity contribution >= 4 is 42.5 Å². The van der Waals surface area contributed by atoms with Crippen LogP contribution >= 0.6 is 24.8 Å². The fourth-order valence-corrected chi connectivity index (χ4v) is 5.94. The number of rotatable bonds is 12. The zero-order valence-electron chi connectivity index (χ0n) is 24.8. The van der Waals surface area contributed by atoms with Crippen molar-refractivity contribution in [3.05, 3.63) is 57.6 Å². The molecule has 0 aromatic heterocycles. The van der Waals surface area contributed by atoms with Gasteiger partial charge in [-0.3, -0.25) is 14.6 Å². The van der Waals surface area contributed by atoms with E-state index >= 15 is 0 Å². The van der Waals surface area contributed by atoms with Crippen LogP contribution in [0, 0.1) is 0 Å². The molecule has 0 atom stereocenters. The largest absolute Gasteiger partial charge is 0.478 e. The minimum Gasteiger partial charge on any atom is -0.478 e. The third-order valence-corrected chi connectivity index (χ3v) is 7.67. The zero-order valence-corrected chi connectivity index (χ0v) is 26.4. The lowest BCUT2D eigenvalue weighted by Gasteiger charge is -2.32. The highest BCUT2D eigenvalue weighted by molar-refractivity contribution is 6.24. The average Bonchev–Trinajstić information content (AvgIpc) is 3.09. The number of aromatic carboxylic acids is 2. The maximum absolute atomic E-state index is 13.7. The molecule has 0 radical (unpaired) electrons. The molecule has 222 valence electrons. The van der Waals surface area contributed by atoms with Crippen LogP contribution in [-0.2, 0) is 12.8 Å². The van der Waals surface area contributed by atoms with E-state index in [1.54, 1.807) is 6.07 Å². The first-order valence-corrected chi connectivity index (χ1v) is 13.6. The Labute approximate surface area is 250 Å². The number of nitrogens with zero attached hydrogens (tertiary/aromatic N) is 2. The van der Waals surface area contributed by atoms with E-state index in [4.69, 9.17) is 0 Å². The lowest BCUT2D eigenvalue weighted by Crippen LogP contribution is -2.39. The summed E-state index contributed by atoms with van der Waals surface area (Å²) in [5.74, 6) is -2.43. The molecule has 0 unspecified atom stereocenters. The SMILES string of the molecule is CC(C)N(CCc1cc2c(c(CCN(C(C)C)C(C)C)c1C(=O)O)C(=O)c1cc(C(=O)O)ccc1-2)C(C)C.Cl.Cl. The van der Waals surface area contributed by atoms with Crippen LogP contribution in [0.5, 0.6) is 0 Å². The van der Waals surface area contributed by atoms with Gasteiger partial charge in [0.05, 0.1) is 11.1 Å². The Morgan fingerprint density at radius 1 is 0.700 bits per heavy atom. The van der Waals surface area contributed by atoms with E-state index in [-0.39, 0.29) is 53.8 Å². The Hall–Kier alpha value is -2.45. The van der Waals surface area contributed by atoms with Crippen LogP contribution in [0.4, 0.5) is 0 Å². The van der Waals surface area contributed by atoms with Crippen LogP contribution < -0.4 is 0 Å². The Balaban J connectivity index is 0.00000400. The quantitative estimate of drug-likeness (QED) is 0.248. The van der Waals surface area contributed by atoms with E-state index in [2.05, 4.69) is 65.2 Å². The third-order valence-electron chi connectivity index (χ3n) is 7.67. The summed E-state index contributed by atoms with van der Waals surface area (Å²) in [5, 5.41) is 19.9. The number of carbonyl (C=O) groups excluding carboxylic acids is 1. The standard InChI is InChI=1S/C31H42N2O5.2ClH/c1-17(2)32(18(3)4)13-11-21-15-25-23-10-9-22(30(35)36)16-26(23)29(34)28(25)24(27(21)31(37)38)12-14-33(19(5)6)20(7)8;;/h9-10,15-20H,11-14H2,1-8H3,(H,35,36)(H,37,38);2*1H. The highest BCUT2D eigenvalue weighted by Gasteiger charge is 2.34. The van der Waals surface area contributed by atoms with E-state index in [1.165, 1.54) is 12.1 Å². The Kier molecular flexibility index (Phi) is 12.8. The number of hydrogen-bond acceptors (Lipinski definition) is 5. The normalized spacial score (nSPS) is 12.3. The van der Waals surface area contributed by atoms with Crippen LogP contribution in [0.1, 0.15) is 103 Å². The first-order chi connectivity index (χ1) is 17.8. The van der Waals surface area contributed by atoms with Crippen LogP contribution in [0.15, 0.2) is 24.3 Å². The summed E-state index contributed by atoms with van der Waals surface area (Å²) >= 11 is 0. The number of carbonyl (C=O) groups is 3. The van der Waals surface area contributed by atoms with Gasteiger partial charge in [-0.25, -0.2) is 9.59 Å². The number of fused-ring (bicyclic) bond motifs is 3. The first-order valence-electron chi connectivity index (χ1n) is 13.6. The molecule has 2 aromatic carbocycles. The van der Waals surface area contributed by atoms with E-state index < -0.39 is 11.9 Å². The molecule has 0 amide bonds. The maximum atomic E-state index is 13.7. The number of benzene rings is 2. The summed E-state index contributed by atoms with van der Waals surface area (Å²) in [6.45, 7) is 18.3. The molecule has 0 aliphatic heterocycles. The minimum absolute atomic E-state index is 0. The van der Waals surface area contributed by atoms with Gasteiger partial charge in [-0.05, 0) is 109 Å². The molecule has 0 bridgehead atoms. The monoisotopic (exact) mass is 594 g/mol. The third kappa shape index (κ3) is 7.24. The maximum Gasteiger partial charge on any atom is 0.336 e. The van der Waals surface area contributed by atoms with E-state index in [9.17, 15) is 24.6 Å². The highest BCUT2D eigenvalue weighted by Crippen LogP contribution is 2.42. The molecular weight excluding hydrogens is 551 g/mol. The van der Waals surface area contributed by atoms with Crippen molar-refractivity contribution in [2.45, 2.75) is 92.4 Å². The van der Waals surface area contributed by atoms with E-state index in [0.717, 1.165) is 0 Å². The summed E-state index contributed by atoms with van der Waals surface area (Å²) in [5.41, 5.74) is 3.62. The molecule has 0 saturated carbocycles. The molecular formula is C31H44Cl2N2O5. The van der Waals surface area contributed by atoms with Crippen LogP contribution in [0.2, 0.25) is 0 Å². The van der Waals surface area contributed by atoms with Gasteiger partial charge in [0.1, 0.15) is 0 Å². The Morgan fingerprint density at radius 3 is 1.65 bits per heavy atom. The minimum atomic E-state index is -1.10. The van der Waals surface area contributed by atoms with Gasteiger partial charge in [0, 0.05) is 48.4 Å². The fourth-order valence-electron chi connectivity index (χ4n) is 5.94. The van der Waals surface area contributed by atoms with Gasteiger partial charge < -0.3 is 10.2 Å². The lowest BCUT2D eigenvalue weighted by atomic mass is 9.88. The van der Waals surface area contributed by atoms with E-state index in [1.807, 2.05) is 6.07 Å². The number of ketones is 1. The van der Waals surface area contributed by atoms with Gasteiger partial charge in [0.15, 0.2) is 5.78 Å². The summed E-state index contributed by atoms with van der Waals surface area (Å²) in [6, 6.07) is 7.59. The van der Waals surface area contributed by atoms with Gasteiger partial charge >= 0.3 is 11.9 Å². The molecule has 2 aromatic rings. The van der Waals surface area contributed by atoms with Crippen molar-refractivity contribution in [2.24, 2.45) is 0 Å². The predicted molar refractivity (Wildman–Crippen MR) is 165 cm³/mol. The summed E-state index contributed by atoms with van der Waals surface area (Å²) in [7, 11) is 0. The molecule has 40 heavy (non-hydrogen) atoms. The number of carboxylic acid groups (broad SMARTS) is 2. The van der Waals surface area contributed by atoms with Crippen LogP contribution in [-0.4, -0.2) is 75.0 Å². The molecule has 0 heterocycles. The molecule has 7 nitrogen and oxygen atoms in total. The van der Waals surface area contributed by atoms with Crippen molar-refractivity contribution in [2.75, 3.05) is 13.1 Å². The first kappa shape index (κ1) is 35.6. The summed E-state index contributed by atoms with van der Waals surface area (Å²) < 4.78 is 0. The van der Waals surface area contributed by atoms with Gasteiger partial charge in [-0.15, -0.1) is 24.8 Å². The lowest BCUT2D eigenvalue weighted by molar-refractivity contribution is 0.0684. The highest BCUT2D eigenvalue weighted by atomic mass is 35.5. The molecule has 3 rings (SSSR count). The van der Waals surface area contributed by atoms with Gasteiger partial charge in [0.25, 0.3) is 0 Å². The molecule has 0 saturated heterocycles. The second kappa shape index (κ2) is 14.4. The van der Waals surface area contributed by atoms with E-state index in [0.29, 0.717) is 71.4 Å². The topological polar surface area (TPSA) is 98.2 Å². The number of halogens is 2. The van der Waals surface area contributed by atoms with Crippen LogP contribution in [0.25, 0.3) is 11.1 Å². The smallest absolute Gasteiger partial charge is 0.336 e. The second-order valence-corrected chi connectivity index (χ2v) is 11.4. The molecule has 2 N–H and O–H groups in total. The number of carboxylic acids is 2. The predicted octanol–water partition coefficient (Wildman–Crippen LogP) is 6.46. The zero-order chi connectivity index (χ0) is 28.5. The van der Waals surface area contributed by atoms with Crippen molar-refractivity contribution < 1.29 is 24.6 Å². The van der Waals surface area contributed by atoms with Gasteiger partial charge in [-0.2, -0.15) is 0 Å². The Bertz CT molecular complexity index is 1220. The molecule has 0 fully saturated rings. The van der Waals surface area contributed by atoms with Crippen molar-refractivity contribution in [3.63, 3.8) is 0 Å². The molecule has 9 heteroatoms. The van der Waals surface area contributed by atoms with Gasteiger partial charge in [0.2, 0.25) is 0 Å². The number of hydrogen-bond donors (Lipinski definition) is 2. The molecule has 1 aliphatic rings. The fraction of sp³-hybridized carbons (Fsp3) is 0.516. The molecule has 1 aliphatic carbocycles.